The van der Waals surface area contributed by atoms with Crippen molar-refractivity contribution in [3.05, 3.63) is 18.2 Å². The fraction of sp³-hybridized carbons (Fsp3) is 0.700. The Hall–Kier alpha value is -1.35. The zero-order valence-electron chi connectivity index (χ0n) is 16.9. The summed E-state index contributed by atoms with van der Waals surface area (Å²) in [5.74, 6) is 1.52. The molecule has 1 saturated heterocycles. The molecule has 2 aliphatic rings. The topological polar surface area (TPSA) is 77.1 Å². The van der Waals surface area contributed by atoms with E-state index in [9.17, 15) is 8.42 Å². The lowest BCUT2D eigenvalue weighted by molar-refractivity contribution is 0.00297. The Labute approximate surface area is 168 Å². The number of rotatable bonds is 8. The number of nitrogens with zero attached hydrogens (tertiary/aromatic N) is 1. The first kappa shape index (κ1) is 21.4. The van der Waals surface area contributed by atoms with Crippen LogP contribution in [0.1, 0.15) is 33.1 Å². The molecule has 0 saturated carbocycles. The van der Waals surface area contributed by atoms with Gasteiger partial charge in [0.2, 0.25) is 10.0 Å². The lowest BCUT2D eigenvalue weighted by Crippen LogP contribution is -2.52. The molecule has 1 aromatic carbocycles. The van der Waals surface area contributed by atoms with E-state index in [1.807, 2.05) is 0 Å². The van der Waals surface area contributed by atoms with E-state index in [0.717, 1.165) is 32.4 Å². The molecule has 2 aliphatic heterocycles. The van der Waals surface area contributed by atoms with Crippen molar-refractivity contribution in [3.63, 3.8) is 0 Å². The van der Waals surface area contributed by atoms with Crippen LogP contribution in [-0.4, -0.2) is 65.4 Å². The maximum Gasteiger partial charge on any atom is 0.240 e. The summed E-state index contributed by atoms with van der Waals surface area (Å²) in [5.41, 5.74) is 0. The average Bonchev–Trinajstić information content (AvgIpc) is 2.96. The van der Waals surface area contributed by atoms with Crippen LogP contribution in [0.25, 0.3) is 0 Å². The average molecular weight is 413 g/mol. The second-order valence-corrected chi connectivity index (χ2v) is 9.07. The largest absolute Gasteiger partial charge is 0.490 e. The highest BCUT2D eigenvalue weighted by molar-refractivity contribution is 7.89. The lowest BCUT2D eigenvalue weighted by atomic mass is 9.92. The smallest absolute Gasteiger partial charge is 0.240 e. The Morgan fingerprint density at radius 2 is 1.71 bits per heavy atom. The number of fused-ring (bicyclic) bond motifs is 1. The molecule has 0 unspecified atom stereocenters. The summed E-state index contributed by atoms with van der Waals surface area (Å²) in [6.45, 7) is 8.91. The molecule has 28 heavy (non-hydrogen) atoms. The first-order valence-electron chi connectivity index (χ1n) is 10.3. The summed E-state index contributed by atoms with van der Waals surface area (Å²) in [4.78, 5) is 2.57. The number of morpholine rings is 1. The summed E-state index contributed by atoms with van der Waals surface area (Å²) in [5, 5.41) is 0. The summed E-state index contributed by atoms with van der Waals surface area (Å²) in [7, 11) is -3.63. The van der Waals surface area contributed by atoms with E-state index in [4.69, 9.17) is 14.2 Å². The van der Waals surface area contributed by atoms with E-state index in [-0.39, 0.29) is 10.9 Å². The van der Waals surface area contributed by atoms with Gasteiger partial charge in [-0.1, -0.05) is 26.7 Å². The Kier molecular flexibility index (Phi) is 7.56. The van der Waals surface area contributed by atoms with Crippen molar-refractivity contribution < 1.29 is 22.6 Å². The maximum atomic E-state index is 12.9. The Bertz CT molecular complexity index is 730. The molecule has 7 nitrogen and oxygen atoms in total. The minimum absolute atomic E-state index is 0.161. The molecule has 0 spiro atoms. The number of nitrogens with one attached hydrogen (secondary N) is 1. The molecule has 0 radical (unpaired) electrons. The Morgan fingerprint density at radius 1 is 1.04 bits per heavy atom. The van der Waals surface area contributed by atoms with Crippen LogP contribution in [-0.2, 0) is 14.8 Å². The van der Waals surface area contributed by atoms with Gasteiger partial charge in [0.05, 0.1) is 31.3 Å². The van der Waals surface area contributed by atoms with Crippen LogP contribution in [0.5, 0.6) is 11.5 Å². The van der Waals surface area contributed by atoms with Gasteiger partial charge in [0.25, 0.3) is 0 Å². The third-order valence-corrected chi connectivity index (χ3v) is 7.04. The quantitative estimate of drug-likeness (QED) is 0.706. The standard InChI is InChI=1S/C20H32N2O5S/c1-3-16(4-2)18(22-8-12-25-13-9-22)15-21-28(23,24)17-6-7-19-20(14-17)27-11-5-10-26-19/h6-7,14,16,18,21H,3-5,8-13,15H2,1-2H3/t18-/m1/s1. The van der Waals surface area contributed by atoms with Gasteiger partial charge < -0.3 is 14.2 Å². The predicted octanol–water partition coefficient (Wildman–Crippen LogP) is 2.26. The predicted molar refractivity (Wildman–Crippen MR) is 107 cm³/mol. The van der Waals surface area contributed by atoms with Crippen molar-refractivity contribution in [2.24, 2.45) is 5.92 Å². The molecular weight excluding hydrogens is 380 g/mol. The van der Waals surface area contributed by atoms with Gasteiger partial charge in [-0.25, -0.2) is 13.1 Å². The van der Waals surface area contributed by atoms with Crippen LogP contribution >= 0.6 is 0 Å². The van der Waals surface area contributed by atoms with Crippen LogP contribution in [0.3, 0.4) is 0 Å². The monoisotopic (exact) mass is 412 g/mol. The zero-order chi connectivity index (χ0) is 20.0. The minimum atomic E-state index is -3.63. The fourth-order valence-corrected chi connectivity index (χ4v) is 4.99. The van der Waals surface area contributed by atoms with Crippen molar-refractivity contribution in [1.29, 1.82) is 0 Å². The van der Waals surface area contributed by atoms with Crippen molar-refractivity contribution in [2.45, 2.75) is 44.0 Å². The number of hydrogen-bond donors (Lipinski definition) is 1. The third kappa shape index (κ3) is 5.17. The molecule has 8 heteroatoms. The van der Waals surface area contributed by atoms with E-state index >= 15 is 0 Å². The summed E-state index contributed by atoms with van der Waals surface area (Å²) in [6, 6.07) is 4.98. The molecule has 0 bridgehead atoms. The van der Waals surface area contributed by atoms with Crippen LogP contribution < -0.4 is 14.2 Å². The van der Waals surface area contributed by atoms with Crippen LogP contribution in [0.4, 0.5) is 0 Å². The van der Waals surface area contributed by atoms with E-state index in [1.165, 1.54) is 0 Å². The first-order valence-corrected chi connectivity index (χ1v) is 11.7. The number of benzene rings is 1. The minimum Gasteiger partial charge on any atom is -0.490 e. The fourth-order valence-electron chi connectivity index (χ4n) is 3.93. The van der Waals surface area contributed by atoms with E-state index in [0.29, 0.717) is 50.4 Å². The molecule has 158 valence electrons. The Balaban J connectivity index is 1.73. The van der Waals surface area contributed by atoms with Crippen LogP contribution in [0, 0.1) is 5.92 Å². The van der Waals surface area contributed by atoms with Crippen molar-refractivity contribution in [1.82, 2.24) is 9.62 Å². The molecular formula is C20H32N2O5S. The summed E-state index contributed by atoms with van der Waals surface area (Å²) >= 11 is 0. The van der Waals surface area contributed by atoms with Gasteiger partial charge in [0, 0.05) is 38.2 Å². The maximum absolute atomic E-state index is 12.9. The van der Waals surface area contributed by atoms with Gasteiger partial charge in [-0.3, -0.25) is 4.90 Å². The number of ether oxygens (including phenoxy) is 3. The summed E-state index contributed by atoms with van der Waals surface area (Å²) in [6.07, 6.45) is 2.82. The van der Waals surface area contributed by atoms with Crippen molar-refractivity contribution >= 4 is 10.0 Å². The first-order chi connectivity index (χ1) is 13.5. The molecule has 0 aromatic heterocycles. The molecule has 1 aromatic rings. The second kappa shape index (κ2) is 9.91. The highest BCUT2D eigenvalue weighted by Crippen LogP contribution is 2.32. The van der Waals surface area contributed by atoms with Crippen LogP contribution in [0.15, 0.2) is 23.1 Å². The van der Waals surface area contributed by atoms with Crippen LogP contribution in [0.2, 0.25) is 0 Å². The molecule has 0 aliphatic carbocycles. The summed E-state index contributed by atoms with van der Waals surface area (Å²) < 4.78 is 45.4. The van der Waals surface area contributed by atoms with Gasteiger partial charge in [0.1, 0.15) is 0 Å². The molecule has 1 N–H and O–H groups in total. The van der Waals surface area contributed by atoms with Crippen molar-refractivity contribution in [2.75, 3.05) is 46.1 Å². The molecule has 1 atom stereocenters. The van der Waals surface area contributed by atoms with Crippen molar-refractivity contribution in [3.8, 4) is 11.5 Å². The van der Waals surface area contributed by atoms with E-state index in [1.54, 1.807) is 18.2 Å². The van der Waals surface area contributed by atoms with Gasteiger partial charge in [-0.05, 0) is 18.1 Å². The number of sulfonamides is 1. The third-order valence-electron chi connectivity index (χ3n) is 5.62. The second-order valence-electron chi connectivity index (χ2n) is 7.30. The highest BCUT2D eigenvalue weighted by atomic mass is 32.2. The Morgan fingerprint density at radius 3 is 2.39 bits per heavy atom. The molecule has 3 rings (SSSR count). The molecule has 0 amide bonds. The highest BCUT2D eigenvalue weighted by Gasteiger charge is 2.29. The molecule has 2 heterocycles. The zero-order valence-corrected chi connectivity index (χ0v) is 17.7. The van der Waals surface area contributed by atoms with Gasteiger partial charge in [0.15, 0.2) is 11.5 Å². The number of hydrogen-bond acceptors (Lipinski definition) is 6. The van der Waals surface area contributed by atoms with E-state index < -0.39 is 10.0 Å². The van der Waals surface area contributed by atoms with Gasteiger partial charge in [-0.2, -0.15) is 0 Å². The van der Waals surface area contributed by atoms with E-state index in [2.05, 4.69) is 23.5 Å². The van der Waals surface area contributed by atoms with Gasteiger partial charge >= 0.3 is 0 Å². The molecule has 1 fully saturated rings. The van der Waals surface area contributed by atoms with Gasteiger partial charge in [-0.15, -0.1) is 0 Å². The normalized spacial score (nSPS) is 19.4. The lowest BCUT2D eigenvalue weighted by Gasteiger charge is -2.38. The SMILES string of the molecule is CCC(CC)[C@@H](CNS(=O)(=O)c1ccc2c(c1)OCCCO2)N1CCOCC1.